The lowest BCUT2D eigenvalue weighted by Gasteiger charge is -2.43. The Morgan fingerprint density at radius 3 is 2.36 bits per heavy atom. The number of hydrogen-bond donors (Lipinski definition) is 3. The van der Waals surface area contributed by atoms with Gasteiger partial charge in [0, 0.05) is 34.1 Å². The van der Waals surface area contributed by atoms with Gasteiger partial charge in [0.05, 0.1) is 6.10 Å². The molecular weight excluding hydrogens is 383 g/mol. The first-order chi connectivity index (χ1) is 11.5. The summed E-state index contributed by atoms with van der Waals surface area (Å²) in [6.07, 6.45) is 4.26. The van der Waals surface area contributed by atoms with Gasteiger partial charge >= 0.3 is 0 Å². The van der Waals surface area contributed by atoms with Crippen molar-refractivity contribution in [3.63, 3.8) is 0 Å². The highest BCUT2D eigenvalue weighted by Gasteiger charge is 2.40. The van der Waals surface area contributed by atoms with E-state index in [1.54, 1.807) is 18.2 Å². The zero-order chi connectivity index (χ0) is 17.3. The molecule has 3 unspecified atom stereocenters. The summed E-state index contributed by atoms with van der Waals surface area (Å²) >= 11 is 12.2. The van der Waals surface area contributed by atoms with E-state index in [1.165, 1.54) is 6.42 Å². The van der Waals surface area contributed by atoms with E-state index in [0.717, 1.165) is 25.7 Å². The molecule has 25 heavy (non-hydrogen) atoms. The summed E-state index contributed by atoms with van der Waals surface area (Å²) in [5, 5.41) is 14.0. The number of fused-ring (bicyclic) bond motifs is 2. The van der Waals surface area contributed by atoms with E-state index in [-0.39, 0.29) is 36.8 Å². The van der Waals surface area contributed by atoms with Gasteiger partial charge in [-0.15, -0.1) is 12.4 Å². The Balaban J connectivity index is 0.00000225. The van der Waals surface area contributed by atoms with Crippen molar-refractivity contribution in [3.8, 4) is 0 Å². The van der Waals surface area contributed by atoms with Crippen LogP contribution in [0.5, 0.6) is 0 Å². The Bertz CT molecular complexity index is 580. The van der Waals surface area contributed by atoms with E-state index in [4.69, 9.17) is 28.9 Å². The molecule has 2 bridgehead atoms. The van der Waals surface area contributed by atoms with Crippen LogP contribution < -0.4 is 11.1 Å². The van der Waals surface area contributed by atoms with Crippen LogP contribution in [0.25, 0.3) is 0 Å². The molecule has 0 aromatic heterocycles. The van der Waals surface area contributed by atoms with E-state index in [2.05, 4.69) is 5.32 Å². The Kier molecular flexibility index (Phi) is 7.41. The smallest absolute Gasteiger partial charge is 0.223 e. The normalized spacial score (nSPS) is 29.4. The predicted octanol–water partition coefficient (Wildman–Crippen LogP) is 3.72. The largest absolute Gasteiger partial charge is 0.386 e. The highest BCUT2D eigenvalue weighted by atomic mass is 35.5. The lowest BCUT2D eigenvalue weighted by atomic mass is 9.65. The molecule has 4 nitrogen and oxygen atoms in total. The van der Waals surface area contributed by atoms with Gasteiger partial charge in [0.1, 0.15) is 0 Å². The van der Waals surface area contributed by atoms with E-state index in [0.29, 0.717) is 27.4 Å². The Morgan fingerprint density at radius 2 is 1.80 bits per heavy atom. The molecule has 2 aliphatic carbocycles. The van der Waals surface area contributed by atoms with Gasteiger partial charge in [0.15, 0.2) is 0 Å². The molecule has 140 valence electrons. The first-order valence-corrected chi connectivity index (χ1v) is 9.38. The number of rotatable bonds is 4. The number of aliphatic hydroxyl groups excluding tert-OH is 1. The first kappa shape index (κ1) is 20.8. The SMILES string of the molecule is Cl.NC1C2CCCC1CC(C(=O)NCC(O)c1c(Cl)cccc1Cl)C2. The van der Waals surface area contributed by atoms with E-state index >= 15 is 0 Å². The van der Waals surface area contributed by atoms with E-state index in [9.17, 15) is 9.90 Å². The Hall–Kier alpha value is -0.520. The number of amides is 1. The maximum absolute atomic E-state index is 12.5. The average Bonchev–Trinajstić information content (AvgIpc) is 2.52. The second-order valence-corrected chi connectivity index (χ2v) is 7.91. The van der Waals surface area contributed by atoms with Crippen molar-refractivity contribution in [2.75, 3.05) is 6.54 Å². The molecule has 0 heterocycles. The molecule has 0 spiro atoms. The molecule has 7 heteroatoms. The van der Waals surface area contributed by atoms with Crippen LogP contribution >= 0.6 is 35.6 Å². The third-order valence-electron chi connectivity index (χ3n) is 5.59. The molecule has 0 aliphatic heterocycles. The third kappa shape index (κ3) is 4.61. The van der Waals surface area contributed by atoms with E-state index < -0.39 is 6.10 Å². The first-order valence-electron chi connectivity index (χ1n) is 8.62. The highest BCUT2D eigenvalue weighted by Crippen LogP contribution is 2.42. The summed E-state index contributed by atoms with van der Waals surface area (Å²) in [5.41, 5.74) is 6.74. The third-order valence-corrected chi connectivity index (χ3v) is 6.25. The second kappa shape index (κ2) is 8.92. The topological polar surface area (TPSA) is 75.4 Å². The fourth-order valence-electron chi connectivity index (χ4n) is 4.28. The summed E-state index contributed by atoms with van der Waals surface area (Å²) < 4.78 is 0. The molecule has 1 aromatic carbocycles. The van der Waals surface area contributed by atoms with Gasteiger partial charge in [0.2, 0.25) is 5.91 Å². The minimum atomic E-state index is -0.916. The second-order valence-electron chi connectivity index (χ2n) is 7.09. The molecule has 2 fully saturated rings. The zero-order valence-electron chi connectivity index (χ0n) is 14.0. The number of carbonyl (C=O) groups excluding carboxylic acids is 1. The zero-order valence-corrected chi connectivity index (χ0v) is 16.3. The number of nitrogens with two attached hydrogens (primary N) is 1. The van der Waals surface area contributed by atoms with Crippen LogP contribution in [0.1, 0.15) is 43.8 Å². The summed E-state index contributed by atoms with van der Waals surface area (Å²) in [5.74, 6) is 0.905. The lowest BCUT2D eigenvalue weighted by Crippen LogP contribution is -2.49. The van der Waals surface area contributed by atoms with Crippen LogP contribution in [-0.2, 0) is 4.79 Å². The lowest BCUT2D eigenvalue weighted by molar-refractivity contribution is -0.128. The van der Waals surface area contributed by atoms with Crippen LogP contribution in [0.15, 0.2) is 18.2 Å². The maximum Gasteiger partial charge on any atom is 0.223 e. The minimum absolute atomic E-state index is 0. The van der Waals surface area contributed by atoms with Crippen molar-refractivity contribution in [3.05, 3.63) is 33.8 Å². The molecule has 1 aromatic rings. The molecular formula is C18H25Cl3N2O2. The van der Waals surface area contributed by atoms with Gasteiger partial charge < -0.3 is 16.2 Å². The molecule has 2 aliphatic rings. The summed E-state index contributed by atoms with van der Waals surface area (Å²) in [4.78, 5) is 12.5. The number of hydrogen-bond acceptors (Lipinski definition) is 3. The average molecular weight is 408 g/mol. The van der Waals surface area contributed by atoms with Crippen LogP contribution in [0.4, 0.5) is 0 Å². The van der Waals surface area contributed by atoms with Gasteiger partial charge in [-0.2, -0.15) is 0 Å². The van der Waals surface area contributed by atoms with Gasteiger partial charge in [-0.3, -0.25) is 4.79 Å². The monoisotopic (exact) mass is 406 g/mol. The molecule has 0 radical (unpaired) electrons. The quantitative estimate of drug-likeness (QED) is 0.712. The van der Waals surface area contributed by atoms with Crippen LogP contribution in [0.3, 0.4) is 0 Å². The summed E-state index contributed by atoms with van der Waals surface area (Å²) in [6.45, 7) is 0.111. The Labute approximate surface area is 164 Å². The number of nitrogens with one attached hydrogen (secondary N) is 1. The number of benzene rings is 1. The van der Waals surface area contributed by atoms with Gasteiger partial charge in [-0.1, -0.05) is 35.7 Å². The summed E-state index contributed by atoms with van der Waals surface area (Å²) in [6, 6.07) is 5.33. The van der Waals surface area contributed by atoms with Crippen molar-refractivity contribution in [2.24, 2.45) is 23.5 Å². The number of halogens is 3. The molecule has 2 saturated carbocycles. The van der Waals surface area contributed by atoms with Gasteiger partial charge in [0.25, 0.3) is 0 Å². The van der Waals surface area contributed by atoms with Crippen molar-refractivity contribution < 1.29 is 9.90 Å². The van der Waals surface area contributed by atoms with E-state index in [1.807, 2.05) is 0 Å². The van der Waals surface area contributed by atoms with Crippen LogP contribution in [0, 0.1) is 17.8 Å². The Morgan fingerprint density at radius 1 is 1.24 bits per heavy atom. The van der Waals surface area contributed by atoms with Crippen molar-refractivity contribution in [1.29, 1.82) is 0 Å². The van der Waals surface area contributed by atoms with Crippen LogP contribution in [-0.4, -0.2) is 23.6 Å². The molecule has 3 atom stereocenters. The van der Waals surface area contributed by atoms with Crippen molar-refractivity contribution in [2.45, 2.75) is 44.2 Å². The predicted molar refractivity (Wildman–Crippen MR) is 103 cm³/mol. The number of carbonyl (C=O) groups is 1. The molecule has 1 amide bonds. The highest BCUT2D eigenvalue weighted by molar-refractivity contribution is 6.36. The maximum atomic E-state index is 12.5. The van der Waals surface area contributed by atoms with Crippen molar-refractivity contribution >= 4 is 41.5 Å². The number of aliphatic hydroxyl groups is 1. The van der Waals surface area contributed by atoms with Crippen LogP contribution in [0.2, 0.25) is 10.0 Å². The molecule has 0 saturated heterocycles. The minimum Gasteiger partial charge on any atom is -0.386 e. The van der Waals surface area contributed by atoms with Gasteiger partial charge in [-0.05, 0) is 49.7 Å². The standard InChI is InChI=1S/C18H24Cl2N2O2.ClH/c19-13-5-2-6-14(20)16(13)15(23)9-22-18(24)12-7-10-3-1-4-11(8-12)17(10)21;/h2,5-6,10-12,15,17,23H,1,3-4,7-9,21H2,(H,22,24);1H. The van der Waals surface area contributed by atoms with Crippen molar-refractivity contribution in [1.82, 2.24) is 5.32 Å². The molecule has 3 rings (SSSR count). The fraction of sp³-hybridized carbons (Fsp3) is 0.611. The fourth-order valence-corrected chi connectivity index (χ4v) is 4.93. The van der Waals surface area contributed by atoms with Gasteiger partial charge in [-0.25, -0.2) is 0 Å². The summed E-state index contributed by atoms with van der Waals surface area (Å²) in [7, 11) is 0. The molecule has 4 N–H and O–H groups in total.